The van der Waals surface area contributed by atoms with Gasteiger partial charge in [0.2, 0.25) is 0 Å². The summed E-state index contributed by atoms with van der Waals surface area (Å²) in [6.07, 6.45) is 92.6. The molecule has 464 valence electrons. The first-order chi connectivity index (χ1) is 40.6. The topological polar surface area (TPSA) is 108 Å². The molecule has 0 radical (unpaired) electrons. The van der Waals surface area contributed by atoms with Gasteiger partial charge in [-0.2, -0.15) is 0 Å². The molecule has 0 aliphatic carbocycles. The smallest absolute Gasteiger partial charge is 0.361 e. The molecule has 0 aromatic carbocycles. The average Bonchev–Trinajstić information content (AvgIpc) is 3.46. The average molecular weight is 1150 g/mol. The first-order valence-corrected chi connectivity index (χ1v) is 31.9. The largest absolute Gasteiger partial charge is 0.477 e. The van der Waals surface area contributed by atoms with Gasteiger partial charge in [0.1, 0.15) is 13.2 Å². The number of carboxylic acids is 1. The fourth-order valence-electron chi connectivity index (χ4n) is 7.83. The second-order valence-corrected chi connectivity index (χ2v) is 21.6. The predicted octanol–water partition coefficient (Wildman–Crippen LogP) is 19.7. The van der Waals surface area contributed by atoms with E-state index in [-0.39, 0.29) is 38.6 Å². The van der Waals surface area contributed by atoms with Crippen molar-refractivity contribution in [3.05, 3.63) is 182 Å². The number of ether oxygens (including phenoxy) is 4. The number of rotatable bonds is 56. The van der Waals surface area contributed by atoms with Gasteiger partial charge in [0.15, 0.2) is 6.10 Å². The van der Waals surface area contributed by atoms with Crippen LogP contribution in [0.4, 0.5) is 0 Å². The summed E-state index contributed by atoms with van der Waals surface area (Å²) in [5.74, 6) is -2.09. The van der Waals surface area contributed by atoms with Gasteiger partial charge >= 0.3 is 17.9 Å². The molecule has 1 N–H and O–H groups in total. The van der Waals surface area contributed by atoms with E-state index in [0.717, 1.165) is 148 Å². The van der Waals surface area contributed by atoms with Gasteiger partial charge < -0.3 is 28.5 Å². The van der Waals surface area contributed by atoms with Gasteiger partial charge in [-0.25, -0.2) is 4.79 Å². The summed E-state index contributed by atoms with van der Waals surface area (Å²) < 4.78 is 22.9. The molecule has 2 atom stereocenters. The van der Waals surface area contributed by atoms with Crippen LogP contribution in [-0.2, 0) is 33.3 Å². The van der Waals surface area contributed by atoms with Crippen molar-refractivity contribution in [3.8, 4) is 0 Å². The van der Waals surface area contributed by atoms with Gasteiger partial charge in [0, 0.05) is 12.8 Å². The number of carbonyl (C=O) groups is 3. The third-order valence-corrected chi connectivity index (χ3v) is 12.7. The number of nitrogens with zero attached hydrogens (tertiary/aromatic N) is 1. The maximum absolute atomic E-state index is 12.9. The zero-order chi connectivity index (χ0) is 60.5. The Morgan fingerprint density at radius 2 is 0.651 bits per heavy atom. The normalized spacial score (nSPS) is 14.0. The molecule has 0 amide bonds. The molecule has 0 aliphatic heterocycles. The highest BCUT2D eigenvalue weighted by molar-refractivity contribution is 5.71. The molecule has 0 aliphatic rings. The van der Waals surface area contributed by atoms with Crippen molar-refractivity contribution in [1.29, 1.82) is 0 Å². The van der Waals surface area contributed by atoms with Crippen LogP contribution in [0.15, 0.2) is 182 Å². The molecule has 0 heterocycles. The number of likely N-dealkylation sites (N-methyl/N-ethyl adjacent to an activating group) is 1. The quantitative estimate of drug-likeness (QED) is 0.0211. The van der Waals surface area contributed by atoms with E-state index in [1.54, 1.807) is 0 Å². The Morgan fingerprint density at radius 1 is 0.361 bits per heavy atom. The number of aliphatic carboxylic acids is 1. The first kappa shape index (κ1) is 77.4. The maximum Gasteiger partial charge on any atom is 0.361 e. The molecular formula is C74H116NO8+. The van der Waals surface area contributed by atoms with Crippen molar-refractivity contribution >= 4 is 17.9 Å². The van der Waals surface area contributed by atoms with Crippen molar-refractivity contribution in [3.63, 3.8) is 0 Å². The lowest BCUT2D eigenvalue weighted by atomic mass is 10.1. The van der Waals surface area contributed by atoms with Gasteiger partial charge in [0.05, 0.1) is 34.4 Å². The van der Waals surface area contributed by atoms with Crippen molar-refractivity contribution in [2.75, 3.05) is 47.5 Å². The highest BCUT2D eigenvalue weighted by atomic mass is 16.7. The van der Waals surface area contributed by atoms with E-state index in [9.17, 15) is 19.5 Å². The third-order valence-electron chi connectivity index (χ3n) is 12.7. The Balaban J connectivity index is 4.36. The van der Waals surface area contributed by atoms with E-state index in [2.05, 4.69) is 196 Å². The van der Waals surface area contributed by atoms with Gasteiger partial charge in [-0.05, 0) is 135 Å². The molecule has 0 saturated carbocycles. The number of carboxylic acid groups (broad SMARTS) is 1. The Hall–Kier alpha value is -5.61. The van der Waals surface area contributed by atoms with Gasteiger partial charge in [-0.1, -0.05) is 241 Å². The lowest BCUT2D eigenvalue weighted by Crippen LogP contribution is -2.40. The van der Waals surface area contributed by atoms with Crippen LogP contribution in [0.1, 0.15) is 206 Å². The SMILES string of the molecule is CC/C=C\C/C=C\C/C=C\C/C=C\C/C=C\C/C=C\C/C=C\C/C=C\C/C=C\CCCCCC(=O)OC(COC(=O)CCCCCCCCCC/C=C\C/C=C\C/C=C\C/C=C\C/C=C\C/C=C\CC)COC(OCC[N+](C)(C)C)C(=O)O. The number of hydrogen-bond donors (Lipinski definition) is 1. The summed E-state index contributed by atoms with van der Waals surface area (Å²) in [6.45, 7) is 4.57. The molecule has 0 aromatic heterocycles. The highest BCUT2D eigenvalue weighted by Gasteiger charge is 2.25. The Bertz CT molecular complexity index is 2010. The lowest BCUT2D eigenvalue weighted by molar-refractivity contribution is -0.870. The molecule has 2 unspecified atom stereocenters. The van der Waals surface area contributed by atoms with Crippen LogP contribution in [0.3, 0.4) is 0 Å². The van der Waals surface area contributed by atoms with Crippen LogP contribution < -0.4 is 0 Å². The Morgan fingerprint density at radius 3 is 0.976 bits per heavy atom. The fourth-order valence-corrected chi connectivity index (χ4v) is 7.83. The van der Waals surface area contributed by atoms with E-state index in [1.807, 2.05) is 21.1 Å². The maximum atomic E-state index is 12.9. The van der Waals surface area contributed by atoms with Crippen molar-refractivity contribution in [1.82, 2.24) is 0 Å². The number of unbranched alkanes of at least 4 members (excludes halogenated alkanes) is 11. The summed E-state index contributed by atoms with van der Waals surface area (Å²) in [6, 6.07) is 0. The van der Waals surface area contributed by atoms with Crippen LogP contribution >= 0.6 is 0 Å². The molecule has 0 saturated heterocycles. The Kier molecular flexibility index (Phi) is 58.2. The predicted molar refractivity (Wildman–Crippen MR) is 354 cm³/mol. The van der Waals surface area contributed by atoms with Gasteiger partial charge in [0.25, 0.3) is 6.29 Å². The zero-order valence-corrected chi connectivity index (χ0v) is 52.8. The van der Waals surface area contributed by atoms with Crippen LogP contribution in [0.5, 0.6) is 0 Å². The summed E-state index contributed by atoms with van der Waals surface area (Å²) in [5.41, 5.74) is 0. The zero-order valence-electron chi connectivity index (χ0n) is 52.8. The number of allylic oxidation sites excluding steroid dienone is 30. The fraction of sp³-hybridized carbons (Fsp3) is 0.554. The van der Waals surface area contributed by atoms with E-state index in [1.165, 1.54) is 25.7 Å². The molecule has 9 heteroatoms. The minimum absolute atomic E-state index is 0.168. The number of carbonyl (C=O) groups excluding carboxylic acids is 2. The lowest BCUT2D eigenvalue weighted by Gasteiger charge is -2.25. The molecular weight excluding hydrogens is 1030 g/mol. The van der Waals surface area contributed by atoms with E-state index < -0.39 is 24.3 Å². The number of esters is 2. The minimum atomic E-state index is -1.54. The Labute approximate surface area is 507 Å². The molecule has 0 spiro atoms. The molecule has 0 fully saturated rings. The summed E-state index contributed by atoms with van der Waals surface area (Å²) in [4.78, 5) is 37.5. The standard InChI is InChI=1S/C74H115NO8/c1-6-8-10-12-14-16-18-20-22-24-26-28-30-32-34-35-36-37-39-41-43-45-47-49-51-53-55-57-59-61-63-65-72(77)83-70(69-82-74(73(78)79)80-67-66-75(3,4)5)68-81-71(76)64-62-60-58-56-54-52-50-48-46-44-42-40-38-33-31-29-27-25-23-21-19-17-15-13-11-9-7-2/h8-11,14-17,20-23,26-29,32-34,36-38,41-44,47,49,53,55,70,74H,6-7,12-13,18-19,24-25,30-31,35,39-40,45-46,48,50-52,54,56-69H2,1-5H3/p+1/b10-8-,11-9-,16-14-,17-15-,22-20-,23-21-,28-26-,29-27-,34-32-,37-36-,38-33-,43-41-,44-42-,49-47-,55-53-. The first-order valence-electron chi connectivity index (χ1n) is 31.9. The number of quaternary nitrogens is 1. The summed E-state index contributed by atoms with van der Waals surface area (Å²) in [5, 5.41) is 9.73. The van der Waals surface area contributed by atoms with E-state index in [0.29, 0.717) is 17.4 Å². The van der Waals surface area contributed by atoms with Crippen molar-refractivity contribution in [2.45, 2.75) is 219 Å². The van der Waals surface area contributed by atoms with Crippen LogP contribution in [0, 0.1) is 0 Å². The minimum Gasteiger partial charge on any atom is -0.477 e. The van der Waals surface area contributed by atoms with Gasteiger partial charge in [-0.15, -0.1) is 0 Å². The summed E-state index contributed by atoms with van der Waals surface area (Å²) >= 11 is 0. The van der Waals surface area contributed by atoms with E-state index in [4.69, 9.17) is 18.9 Å². The van der Waals surface area contributed by atoms with Crippen molar-refractivity contribution < 1.29 is 42.9 Å². The van der Waals surface area contributed by atoms with Crippen LogP contribution in [0.25, 0.3) is 0 Å². The molecule has 83 heavy (non-hydrogen) atoms. The van der Waals surface area contributed by atoms with Crippen LogP contribution in [0.2, 0.25) is 0 Å². The van der Waals surface area contributed by atoms with E-state index >= 15 is 0 Å². The molecule has 9 nitrogen and oxygen atoms in total. The second-order valence-electron chi connectivity index (χ2n) is 21.6. The van der Waals surface area contributed by atoms with Crippen molar-refractivity contribution in [2.24, 2.45) is 0 Å². The third kappa shape index (κ3) is 63.8. The molecule has 0 aromatic rings. The monoisotopic (exact) mass is 1150 g/mol. The molecule has 0 rings (SSSR count). The number of hydrogen-bond acceptors (Lipinski definition) is 7. The summed E-state index contributed by atoms with van der Waals surface area (Å²) in [7, 11) is 5.94. The van der Waals surface area contributed by atoms with Crippen LogP contribution in [-0.4, -0.2) is 87.4 Å². The highest BCUT2D eigenvalue weighted by Crippen LogP contribution is 2.13. The second kappa shape index (κ2) is 62.4. The molecule has 0 bridgehead atoms. The van der Waals surface area contributed by atoms with Gasteiger partial charge in [-0.3, -0.25) is 9.59 Å².